The summed E-state index contributed by atoms with van der Waals surface area (Å²) in [5, 5.41) is 4.44. The SMILES string of the molecule is CSC(=NCCSCc1nc[nH]c1C)NCCSCc1nc[nH]c1C. The fourth-order valence-electron chi connectivity index (χ4n) is 2.04. The average Bonchev–Trinajstić information content (AvgIpc) is 3.21. The highest BCUT2D eigenvalue weighted by Crippen LogP contribution is 2.13. The largest absolute Gasteiger partial charge is 0.364 e. The Morgan fingerprint density at radius 3 is 2.16 bits per heavy atom. The van der Waals surface area contributed by atoms with Crippen LogP contribution in [-0.4, -0.2) is 56.0 Å². The van der Waals surface area contributed by atoms with Crippen molar-refractivity contribution in [2.45, 2.75) is 25.4 Å². The zero-order valence-corrected chi connectivity index (χ0v) is 17.4. The number of aromatic amines is 2. The molecule has 0 bridgehead atoms. The van der Waals surface area contributed by atoms with Gasteiger partial charge in [0, 0.05) is 40.9 Å². The molecule has 2 aromatic rings. The van der Waals surface area contributed by atoms with Crippen LogP contribution in [0.5, 0.6) is 0 Å². The molecule has 2 heterocycles. The van der Waals surface area contributed by atoms with Gasteiger partial charge in [-0.2, -0.15) is 23.5 Å². The van der Waals surface area contributed by atoms with E-state index in [4.69, 9.17) is 0 Å². The van der Waals surface area contributed by atoms with Crippen molar-refractivity contribution in [3.63, 3.8) is 0 Å². The fourth-order valence-corrected chi connectivity index (χ4v) is 4.23. The molecule has 2 aromatic heterocycles. The van der Waals surface area contributed by atoms with Crippen molar-refractivity contribution in [1.29, 1.82) is 0 Å². The van der Waals surface area contributed by atoms with Gasteiger partial charge in [-0.15, -0.1) is 0 Å². The first-order chi connectivity index (χ1) is 12.2. The number of nitrogens with one attached hydrogen (secondary N) is 3. The Morgan fingerprint density at radius 1 is 1.04 bits per heavy atom. The highest BCUT2D eigenvalue weighted by Gasteiger charge is 2.02. The van der Waals surface area contributed by atoms with Crippen molar-refractivity contribution in [3.8, 4) is 0 Å². The fraction of sp³-hybridized carbons (Fsp3) is 0.562. The summed E-state index contributed by atoms with van der Waals surface area (Å²) in [5.41, 5.74) is 4.61. The molecule has 138 valence electrons. The van der Waals surface area contributed by atoms with Crippen LogP contribution in [0.1, 0.15) is 22.8 Å². The third-order valence-electron chi connectivity index (χ3n) is 3.55. The van der Waals surface area contributed by atoms with Gasteiger partial charge in [0.1, 0.15) is 0 Å². The monoisotopic (exact) mass is 398 g/mol. The first-order valence-electron chi connectivity index (χ1n) is 8.16. The number of imidazole rings is 2. The highest BCUT2D eigenvalue weighted by molar-refractivity contribution is 8.13. The number of hydrogen-bond acceptors (Lipinski definition) is 6. The maximum absolute atomic E-state index is 4.64. The molecular formula is C16H26N6S3. The summed E-state index contributed by atoms with van der Waals surface area (Å²) in [5.74, 6) is 3.94. The molecule has 3 N–H and O–H groups in total. The summed E-state index contributed by atoms with van der Waals surface area (Å²) in [7, 11) is 0. The van der Waals surface area contributed by atoms with E-state index in [0.29, 0.717) is 0 Å². The minimum atomic E-state index is 0.830. The third kappa shape index (κ3) is 7.37. The summed E-state index contributed by atoms with van der Waals surface area (Å²) in [6, 6.07) is 0. The number of aromatic nitrogens is 4. The molecule has 0 saturated carbocycles. The lowest BCUT2D eigenvalue weighted by Gasteiger charge is -2.07. The summed E-state index contributed by atoms with van der Waals surface area (Å²) >= 11 is 5.43. The minimum absolute atomic E-state index is 0.830. The van der Waals surface area contributed by atoms with Gasteiger partial charge >= 0.3 is 0 Å². The van der Waals surface area contributed by atoms with Crippen molar-refractivity contribution < 1.29 is 0 Å². The maximum atomic E-state index is 4.64. The van der Waals surface area contributed by atoms with E-state index in [1.807, 2.05) is 23.5 Å². The van der Waals surface area contributed by atoms with Crippen molar-refractivity contribution in [1.82, 2.24) is 25.3 Å². The van der Waals surface area contributed by atoms with Crippen molar-refractivity contribution in [3.05, 3.63) is 35.4 Å². The van der Waals surface area contributed by atoms with Crippen LogP contribution in [0.25, 0.3) is 0 Å². The Bertz CT molecular complexity index is 652. The summed E-state index contributed by atoms with van der Waals surface area (Å²) < 4.78 is 0. The molecule has 6 nitrogen and oxygen atoms in total. The number of H-pyrrole nitrogens is 2. The molecule has 2 rings (SSSR count). The van der Waals surface area contributed by atoms with E-state index >= 15 is 0 Å². The lowest BCUT2D eigenvalue weighted by atomic mass is 10.4. The molecule has 0 amide bonds. The Hall–Kier alpha value is -1.06. The van der Waals surface area contributed by atoms with Crippen LogP contribution in [0.15, 0.2) is 17.6 Å². The quantitative estimate of drug-likeness (QED) is 0.324. The van der Waals surface area contributed by atoms with E-state index in [2.05, 4.69) is 50.3 Å². The molecule has 0 spiro atoms. The molecule has 0 saturated heterocycles. The van der Waals surface area contributed by atoms with Crippen LogP contribution >= 0.6 is 35.3 Å². The minimum Gasteiger partial charge on any atom is -0.364 e. The first kappa shape index (κ1) is 20.3. The third-order valence-corrected chi connectivity index (χ3v) is 6.13. The van der Waals surface area contributed by atoms with Gasteiger partial charge in [0.25, 0.3) is 0 Å². The normalized spacial score (nSPS) is 11.9. The molecule has 0 aliphatic heterocycles. The van der Waals surface area contributed by atoms with Crippen molar-refractivity contribution in [2.24, 2.45) is 4.99 Å². The average molecular weight is 399 g/mol. The van der Waals surface area contributed by atoms with Crippen LogP contribution in [0.4, 0.5) is 0 Å². The maximum Gasteiger partial charge on any atom is 0.156 e. The van der Waals surface area contributed by atoms with Gasteiger partial charge in [-0.25, -0.2) is 9.97 Å². The molecule has 0 atom stereocenters. The number of nitrogens with zero attached hydrogens (tertiary/aromatic N) is 3. The number of thioether (sulfide) groups is 3. The predicted molar refractivity (Wildman–Crippen MR) is 113 cm³/mol. The van der Waals surface area contributed by atoms with Crippen LogP contribution in [0, 0.1) is 13.8 Å². The molecule has 0 fully saturated rings. The predicted octanol–water partition coefficient (Wildman–Crippen LogP) is 3.22. The summed E-state index contributed by atoms with van der Waals surface area (Å²) in [6.45, 7) is 5.87. The van der Waals surface area contributed by atoms with Gasteiger partial charge in [-0.3, -0.25) is 4.99 Å². The molecule has 0 aliphatic carbocycles. The van der Waals surface area contributed by atoms with Gasteiger partial charge in [-0.05, 0) is 20.1 Å². The lowest BCUT2D eigenvalue weighted by molar-refractivity contribution is 0.974. The Morgan fingerprint density at radius 2 is 1.64 bits per heavy atom. The number of aliphatic imine (C=N–C) groups is 1. The van der Waals surface area contributed by atoms with Crippen molar-refractivity contribution in [2.75, 3.05) is 30.9 Å². The Kier molecular flexibility index (Phi) is 9.35. The van der Waals surface area contributed by atoms with E-state index in [9.17, 15) is 0 Å². The van der Waals surface area contributed by atoms with Gasteiger partial charge in [0.05, 0.1) is 30.6 Å². The Balaban J connectivity index is 1.55. The lowest BCUT2D eigenvalue weighted by Crippen LogP contribution is -2.23. The molecule has 9 heteroatoms. The van der Waals surface area contributed by atoms with Gasteiger partial charge < -0.3 is 15.3 Å². The molecule has 0 aromatic carbocycles. The molecule has 0 unspecified atom stereocenters. The number of rotatable bonds is 10. The second-order valence-corrected chi connectivity index (χ2v) is 8.38. The van der Waals surface area contributed by atoms with Crippen LogP contribution in [0.2, 0.25) is 0 Å². The molecule has 0 radical (unpaired) electrons. The molecular weight excluding hydrogens is 372 g/mol. The zero-order chi connectivity index (χ0) is 17.9. The summed E-state index contributed by atoms with van der Waals surface area (Å²) in [6.07, 6.45) is 5.57. The van der Waals surface area contributed by atoms with Crippen LogP contribution in [0.3, 0.4) is 0 Å². The van der Waals surface area contributed by atoms with E-state index < -0.39 is 0 Å². The Labute approximate surface area is 162 Å². The smallest absolute Gasteiger partial charge is 0.156 e. The van der Waals surface area contributed by atoms with Gasteiger partial charge in [0.15, 0.2) is 5.17 Å². The van der Waals surface area contributed by atoms with Gasteiger partial charge in [0.2, 0.25) is 0 Å². The number of amidine groups is 1. The second kappa shape index (κ2) is 11.5. The number of aryl methyl sites for hydroxylation is 2. The molecule has 0 aliphatic rings. The number of hydrogen-bond donors (Lipinski definition) is 3. The topological polar surface area (TPSA) is 81.8 Å². The standard InChI is InChI=1S/C16H26N6S3/c1-12-14(21-10-19-12)8-24-6-4-17-16(23-3)18-5-7-25-9-15-13(2)20-11-22-15/h10-11H,4-9H2,1-3H3,(H,17,18)(H,19,21)(H,20,22). The van der Waals surface area contributed by atoms with E-state index in [-0.39, 0.29) is 0 Å². The van der Waals surface area contributed by atoms with E-state index in [1.54, 1.807) is 24.4 Å². The first-order valence-corrected chi connectivity index (χ1v) is 11.7. The van der Waals surface area contributed by atoms with E-state index in [0.717, 1.165) is 64.0 Å². The van der Waals surface area contributed by atoms with Crippen molar-refractivity contribution >= 4 is 40.5 Å². The van der Waals surface area contributed by atoms with Crippen LogP contribution < -0.4 is 5.32 Å². The van der Waals surface area contributed by atoms with Crippen LogP contribution in [-0.2, 0) is 11.5 Å². The van der Waals surface area contributed by atoms with E-state index in [1.165, 1.54) is 0 Å². The van der Waals surface area contributed by atoms with Gasteiger partial charge in [-0.1, -0.05) is 11.8 Å². The molecule has 25 heavy (non-hydrogen) atoms. The summed E-state index contributed by atoms with van der Waals surface area (Å²) in [4.78, 5) is 19.5. The zero-order valence-electron chi connectivity index (χ0n) is 15.0. The second-order valence-electron chi connectivity index (χ2n) is 5.37. The highest BCUT2D eigenvalue weighted by atomic mass is 32.2.